The third-order valence-electron chi connectivity index (χ3n) is 4.46. The number of halogens is 1. The van der Waals surface area contributed by atoms with E-state index in [2.05, 4.69) is 5.32 Å². The first-order chi connectivity index (χ1) is 12.0. The Morgan fingerprint density at radius 3 is 2.56 bits per heavy atom. The normalized spacial score (nSPS) is 14.7. The second kappa shape index (κ2) is 7.05. The van der Waals surface area contributed by atoms with Crippen molar-refractivity contribution in [1.29, 1.82) is 0 Å². The first-order valence-electron chi connectivity index (χ1n) is 8.40. The number of benzene rings is 2. The Morgan fingerprint density at radius 2 is 1.88 bits per heavy atom. The number of hydrogen-bond acceptors (Lipinski definition) is 2. The summed E-state index contributed by atoms with van der Waals surface area (Å²) >= 11 is 0. The van der Waals surface area contributed by atoms with Gasteiger partial charge in [-0.25, -0.2) is 4.39 Å². The number of nitrogens with zero attached hydrogens (tertiary/aromatic N) is 1. The lowest BCUT2D eigenvalue weighted by Crippen LogP contribution is -2.32. The van der Waals surface area contributed by atoms with Crippen molar-refractivity contribution in [2.45, 2.75) is 25.8 Å². The lowest BCUT2D eigenvalue weighted by atomic mass is 10.1. The molecule has 2 aromatic rings. The van der Waals surface area contributed by atoms with E-state index < -0.39 is 0 Å². The number of rotatable bonds is 5. The summed E-state index contributed by atoms with van der Waals surface area (Å²) in [6.07, 6.45) is 1.82. The van der Waals surface area contributed by atoms with Gasteiger partial charge in [0.2, 0.25) is 5.91 Å². The van der Waals surface area contributed by atoms with Crippen LogP contribution in [0.1, 0.15) is 41.7 Å². The summed E-state index contributed by atoms with van der Waals surface area (Å²) in [6.45, 7) is 1.80. The average molecular weight is 340 g/mol. The van der Waals surface area contributed by atoms with Crippen LogP contribution in [0.15, 0.2) is 48.5 Å². The summed E-state index contributed by atoms with van der Waals surface area (Å²) in [7, 11) is 1.70. The Balaban J connectivity index is 1.79. The summed E-state index contributed by atoms with van der Waals surface area (Å²) in [4.78, 5) is 26.6. The molecule has 1 N–H and O–H groups in total. The molecule has 0 saturated heterocycles. The van der Waals surface area contributed by atoms with Gasteiger partial charge in [-0.1, -0.05) is 24.3 Å². The fraction of sp³-hybridized carbons (Fsp3) is 0.300. The van der Waals surface area contributed by atoms with Crippen LogP contribution in [0.5, 0.6) is 0 Å². The standard InChI is InChI=1S/C20H21FN2O2/c1-13(15-6-5-7-16(21)12-15)22-19(24)17-8-3-4-9-18(17)23(2)20(25)14-10-11-14/h3-9,12-14H,10-11H2,1-2H3,(H,22,24). The molecule has 0 radical (unpaired) electrons. The fourth-order valence-corrected chi connectivity index (χ4v) is 2.81. The van der Waals surface area contributed by atoms with Crippen LogP contribution < -0.4 is 10.2 Å². The average Bonchev–Trinajstić information content (AvgIpc) is 3.45. The van der Waals surface area contributed by atoms with E-state index in [1.807, 2.05) is 0 Å². The minimum absolute atomic E-state index is 0.0402. The molecule has 2 aromatic carbocycles. The predicted molar refractivity (Wildman–Crippen MR) is 94.9 cm³/mol. The number of anilines is 1. The Bertz CT molecular complexity index is 802. The van der Waals surface area contributed by atoms with Crippen LogP contribution >= 0.6 is 0 Å². The molecular formula is C20H21FN2O2. The maximum Gasteiger partial charge on any atom is 0.253 e. The highest BCUT2D eigenvalue weighted by atomic mass is 19.1. The molecule has 1 aliphatic carbocycles. The zero-order chi connectivity index (χ0) is 18.0. The van der Waals surface area contributed by atoms with Crippen LogP contribution in [0, 0.1) is 11.7 Å². The predicted octanol–water partition coefficient (Wildman–Crippen LogP) is 3.69. The molecule has 2 amide bonds. The third kappa shape index (κ3) is 3.87. The van der Waals surface area contributed by atoms with Gasteiger partial charge in [0.15, 0.2) is 0 Å². The lowest BCUT2D eigenvalue weighted by Gasteiger charge is -2.21. The molecule has 1 unspecified atom stereocenters. The summed E-state index contributed by atoms with van der Waals surface area (Å²) in [5.74, 6) is -0.512. The van der Waals surface area contributed by atoms with E-state index in [4.69, 9.17) is 0 Å². The zero-order valence-corrected chi connectivity index (χ0v) is 14.3. The Hall–Kier alpha value is -2.69. The number of para-hydroxylation sites is 1. The Morgan fingerprint density at radius 1 is 1.16 bits per heavy atom. The van der Waals surface area contributed by atoms with Crippen molar-refractivity contribution in [3.8, 4) is 0 Å². The molecule has 1 atom stereocenters. The largest absolute Gasteiger partial charge is 0.345 e. The highest BCUT2D eigenvalue weighted by Crippen LogP contribution is 2.33. The molecule has 25 heavy (non-hydrogen) atoms. The quantitative estimate of drug-likeness (QED) is 0.902. The van der Waals surface area contributed by atoms with E-state index in [0.717, 1.165) is 12.8 Å². The van der Waals surface area contributed by atoms with Gasteiger partial charge in [0, 0.05) is 13.0 Å². The van der Waals surface area contributed by atoms with Crippen molar-refractivity contribution < 1.29 is 14.0 Å². The fourth-order valence-electron chi connectivity index (χ4n) is 2.81. The van der Waals surface area contributed by atoms with Crippen LogP contribution in [0.25, 0.3) is 0 Å². The van der Waals surface area contributed by atoms with Crippen molar-refractivity contribution in [2.24, 2.45) is 5.92 Å². The number of hydrogen-bond donors (Lipinski definition) is 1. The van der Waals surface area contributed by atoms with Gasteiger partial charge in [-0.2, -0.15) is 0 Å². The smallest absolute Gasteiger partial charge is 0.253 e. The summed E-state index contributed by atoms with van der Waals surface area (Å²) in [5.41, 5.74) is 1.71. The molecule has 1 fully saturated rings. The molecule has 130 valence electrons. The van der Waals surface area contributed by atoms with E-state index in [-0.39, 0.29) is 29.6 Å². The first kappa shape index (κ1) is 17.1. The van der Waals surface area contributed by atoms with E-state index in [1.54, 1.807) is 55.3 Å². The second-order valence-corrected chi connectivity index (χ2v) is 6.44. The minimum Gasteiger partial charge on any atom is -0.345 e. The van der Waals surface area contributed by atoms with Crippen molar-refractivity contribution in [3.05, 3.63) is 65.5 Å². The van der Waals surface area contributed by atoms with E-state index in [1.165, 1.54) is 12.1 Å². The monoisotopic (exact) mass is 340 g/mol. The van der Waals surface area contributed by atoms with Crippen LogP contribution in [-0.2, 0) is 4.79 Å². The highest BCUT2D eigenvalue weighted by Gasteiger charge is 2.33. The minimum atomic E-state index is -0.347. The van der Waals surface area contributed by atoms with Gasteiger partial charge < -0.3 is 10.2 Å². The van der Waals surface area contributed by atoms with E-state index >= 15 is 0 Å². The highest BCUT2D eigenvalue weighted by molar-refractivity contribution is 6.05. The van der Waals surface area contributed by atoms with E-state index in [9.17, 15) is 14.0 Å². The maximum atomic E-state index is 13.4. The first-order valence-corrected chi connectivity index (χ1v) is 8.40. The van der Waals surface area contributed by atoms with Crippen LogP contribution in [0.2, 0.25) is 0 Å². The second-order valence-electron chi connectivity index (χ2n) is 6.44. The summed E-state index contributed by atoms with van der Waals surface area (Å²) in [6, 6.07) is 12.8. The molecular weight excluding hydrogens is 319 g/mol. The lowest BCUT2D eigenvalue weighted by molar-refractivity contribution is -0.119. The number of nitrogens with one attached hydrogen (secondary N) is 1. The topological polar surface area (TPSA) is 49.4 Å². The molecule has 0 heterocycles. The van der Waals surface area contributed by atoms with Crippen LogP contribution in [-0.4, -0.2) is 18.9 Å². The molecule has 0 bridgehead atoms. The zero-order valence-electron chi connectivity index (χ0n) is 14.3. The number of carbonyl (C=O) groups is 2. The van der Waals surface area contributed by atoms with Crippen molar-refractivity contribution in [2.75, 3.05) is 11.9 Å². The van der Waals surface area contributed by atoms with Gasteiger partial charge in [-0.3, -0.25) is 9.59 Å². The molecule has 1 saturated carbocycles. The van der Waals surface area contributed by atoms with Gasteiger partial charge in [-0.15, -0.1) is 0 Å². The summed E-state index contributed by atoms with van der Waals surface area (Å²) in [5, 5.41) is 2.88. The Kier molecular flexibility index (Phi) is 4.83. The van der Waals surface area contributed by atoms with Gasteiger partial charge in [0.05, 0.1) is 17.3 Å². The van der Waals surface area contributed by atoms with Crippen molar-refractivity contribution in [1.82, 2.24) is 5.32 Å². The van der Waals surface area contributed by atoms with Crippen LogP contribution in [0.3, 0.4) is 0 Å². The number of carbonyl (C=O) groups excluding carboxylic acids is 2. The molecule has 1 aliphatic rings. The van der Waals surface area contributed by atoms with Gasteiger partial charge >= 0.3 is 0 Å². The van der Waals surface area contributed by atoms with Gasteiger partial charge in [-0.05, 0) is 49.6 Å². The molecule has 0 aliphatic heterocycles. The third-order valence-corrected chi connectivity index (χ3v) is 4.46. The molecule has 4 nitrogen and oxygen atoms in total. The maximum absolute atomic E-state index is 13.4. The summed E-state index contributed by atoms with van der Waals surface area (Å²) < 4.78 is 13.4. The van der Waals surface area contributed by atoms with E-state index in [0.29, 0.717) is 16.8 Å². The van der Waals surface area contributed by atoms with Gasteiger partial charge in [0.25, 0.3) is 5.91 Å². The van der Waals surface area contributed by atoms with Crippen molar-refractivity contribution in [3.63, 3.8) is 0 Å². The van der Waals surface area contributed by atoms with Crippen molar-refractivity contribution >= 4 is 17.5 Å². The number of amides is 2. The molecule has 0 spiro atoms. The SMILES string of the molecule is CC(NC(=O)c1ccccc1N(C)C(=O)C1CC1)c1cccc(F)c1. The van der Waals surface area contributed by atoms with Crippen LogP contribution in [0.4, 0.5) is 10.1 Å². The molecule has 5 heteroatoms. The van der Waals surface area contributed by atoms with Gasteiger partial charge in [0.1, 0.15) is 5.82 Å². The Labute approximate surface area is 146 Å². The molecule has 0 aromatic heterocycles. The molecule has 3 rings (SSSR count).